The number of hydrogen-bond acceptors (Lipinski definition) is 4. The second-order valence-electron chi connectivity index (χ2n) is 9.03. The van der Waals surface area contributed by atoms with E-state index in [0.29, 0.717) is 16.6 Å². The standard InChI is InChI=1S/C23H27BN2O4/c1-14-10-8-11-16-19(14)25(7)21(28)26(20(16)27)18-13-9-12-17(15(18)2)24-29-22(3,4)23(5,6)30-24/h8-13H,1-7H3. The molecule has 0 aliphatic carbocycles. The average Bonchev–Trinajstić information content (AvgIpc) is 2.88. The molecule has 156 valence electrons. The Hall–Kier alpha value is -2.64. The van der Waals surface area contributed by atoms with E-state index in [1.54, 1.807) is 19.2 Å². The summed E-state index contributed by atoms with van der Waals surface area (Å²) in [6.07, 6.45) is 0. The lowest BCUT2D eigenvalue weighted by Crippen LogP contribution is -2.41. The van der Waals surface area contributed by atoms with Crippen molar-refractivity contribution in [3.8, 4) is 5.69 Å². The lowest BCUT2D eigenvalue weighted by molar-refractivity contribution is 0.00578. The molecule has 0 atom stereocenters. The van der Waals surface area contributed by atoms with Crippen LogP contribution >= 0.6 is 0 Å². The Labute approximate surface area is 176 Å². The number of hydrogen-bond donors (Lipinski definition) is 0. The van der Waals surface area contributed by atoms with E-state index in [1.165, 1.54) is 9.13 Å². The van der Waals surface area contributed by atoms with Crippen LogP contribution < -0.4 is 16.7 Å². The van der Waals surface area contributed by atoms with Gasteiger partial charge in [0.1, 0.15) is 0 Å². The molecule has 0 saturated carbocycles. The topological polar surface area (TPSA) is 62.5 Å². The minimum absolute atomic E-state index is 0.328. The maximum atomic E-state index is 13.3. The molecule has 0 bridgehead atoms. The molecular weight excluding hydrogens is 379 g/mol. The Bertz CT molecular complexity index is 1270. The summed E-state index contributed by atoms with van der Waals surface area (Å²) in [5.41, 5.74) is 2.01. The van der Waals surface area contributed by atoms with Crippen LogP contribution in [0.2, 0.25) is 0 Å². The molecule has 1 aromatic heterocycles. The van der Waals surface area contributed by atoms with Crippen molar-refractivity contribution in [2.24, 2.45) is 7.05 Å². The third-order valence-electron chi connectivity index (χ3n) is 6.58. The highest BCUT2D eigenvalue weighted by atomic mass is 16.7. The lowest BCUT2D eigenvalue weighted by atomic mass is 9.76. The van der Waals surface area contributed by atoms with Gasteiger partial charge in [0.25, 0.3) is 5.56 Å². The van der Waals surface area contributed by atoms with Gasteiger partial charge in [0.05, 0.1) is 27.8 Å². The van der Waals surface area contributed by atoms with Crippen molar-refractivity contribution >= 4 is 23.5 Å². The summed E-state index contributed by atoms with van der Waals surface area (Å²) in [5, 5.41) is 0.512. The zero-order valence-corrected chi connectivity index (χ0v) is 18.6. The zero-order chi connectivity index (χ0) is 22.0. The Morgan fingerprint density at radius 2 is 1.50 bits per heavy atom. The first-order valence-electron chi connectivity index (χ1n) is 10.1. The van der Waals surface area contributed by atoms with Gasteiger partial charge in [0.2, 0.25) is 0 Å². The smallest absolute Gasteiger partial charge is 0.399 e. The fraction of sp³-hybridized carbons (Fsp3) is 0.391. The van der Waals surface area contributed by atoms with E-state index in [2.05, 4.69) is 0 Å². The number of para-hydroxylation sites is 1. The van der Waals surface area contributed by atoms with E-state index in [-0.39, 0.29) is 11.2 Å². The number of nitrogens with zero attached hydrogens (tertiary/aromatic N) is 2. The van der Waals surface area contributed by atoms with Gasteiger partial charge in [-0.2, -0.15) is 0 Å². The van der Waals surface area contributed by atoms with Crippen molar-refractivity contribution in [3.63, 3.8) is 0 Å². The van der Waals surface area contributed by atoms with Crippen LogP contribution in [0, 0.1) is 13.8 Å². The number of aromatic nitrogens is 2. The number of benzene rings is 2. The fourth-order valence-corrected chi connectivity index (χ4v) is 4.05. The third-order valence-corrected chi connectivity index (χ3v) is 6.58. The molecule has 1 aliphatic heterocycles. The Balaban J connectivity index is 1.95. The minimum Gasteiger partial charge on any atom is -0.399 e. The fourth-order valence-electron chi connectivity index (χ4n) is 4.05. The molecule has 0 spiro atoms. The molecule has 0 N–H and O–H groups in total. The first-order valence-corrected chi connectivity index (χ1v) is 10.1. The maximum absolute atomic E-state index is 13.3. The molecule has 1 aliphatic rings. The Morgan fingerprint density at radius 1 is 0.900 bits per heavy atom. The van der Waals surface area contributed by atoms with Crippen molar-refractivity contribution in [3.05, 3.63) is 68.4 Å². The van der Waals surface area contributed by atoms with Gasteiger partial charge in [-0.3, -0.25) is 9.36 Å². The van der Waals surface area contributed by atoms with Gasteiger partial charge in [0, 0.05) is 7.05 Å². The predicted molar refractivity (Wildman–Crippen MR) is 120 cm³/mol. The monoisotopic (exact) mass is 406 g/mol. The van der Waals surface area contributed by atoms with Crippen molar-refractivity contribution in [1.82, 2.24) is 9.13 Å². The molecule has 2 heterocycles. The minimum atomic E-state index is -0.572. The number of aryl methyl sites for hydroxylation is 2. The zero-order valence-electron chi connectivity index (χ0n) is 18.6. The summed E-state index contributed by atoms with van der Waals surface area (Å²) >= 11 is 0. The Kier molecular flexibility index (Phi) is 4.60. The molecule has 0 amide bonds. The van der Waals surface area contributed by atoms with Crippen LogP contribution in [0.1, 0.15) is 38.8 Å². The van der Waals surface area contributed by atoms with Gasteiger partial charge in [-0.1, -0.05) is 24.3 Å². The highest BCUT2D eigenvalue weighted by Gasteiger charge is 2.52. The molecule has 0 unspecified atom stereocenters. The van der Waals surface area contributed by atoms with Gasteiger partial charge in [-0.25, -0.2) is 9.36 Å². The summed E-state index contributed by atoms with van der Waals surface area (Å²) in [7, 11) is 1.12. The SMILES string of the molecule is Cc1c(B2OC(C)(C)C(C)(C)O2)cccc1-n1c(=O)c2cccc(C)c2n(C)c1=O. The van der Waals surface area contributed by atoms with Crippen molar-refractivity contribution in [2.75, 3.05) is 0 Å². The van der Waals surface area contributed by atoms with Gasteiger partial charge in [-0.05, 0) is 70.3 Å². The summed E-state index contributed by atoms with van der Waals surface area (Å²) in [5.74, 6) is 0. The summed E-state index contributed by atoms with van der Waals surface area (Å²) in [6.45, 7) is 11.8. The summed E-state index contributed by atoms with van der Waals surface area (Å²) in [6, 6.07) is 11.0. The quantitative estimate of drug-likeness (QED) is 0.614. The van der Waals surface area contributed by atoms with E-state index in [1.807, 2.05) is 65.8 Å². The lowest BCUT2D eigenvalue weighted by Gasteiger charge is -2.32. The highest BCUT2D eigenvalue weighted by Crippen LogP contribution is 2.36. The Morgan fingerprint density at radius 3 is 2.13 bits per heavy atom. The van der Waals surface area contributed by atoms with Gasteiger partial charge < -0.3 is 9.31 Å². The van der Waals surface area contributed by atoms with Gasteiger partial charge in [-0.15, -0.1) is 0 Å². The van der Waals surface area contributed by atoms with Crippen molar-refractivity contribution < 1.29 is 9.31 Å². The number of fused-ring (bicyclic) bond motifs is 1. The van der Waals surface area contributed by atoms with Gasteiger partial charge >= 0.3 is 12.8 Å². The maximum Gasteiger partial charge on any atom is 0.495 e. The average molecular weight is 406 g/mol. The van der Waals surface area contributed by atoms with Crippen LogP contribution in [0.4, 0.5) is 0 Å². The number of rotatable bonds is 2. The third kappa shape index (κ3) is 2.88. The first-order chi connectivity index (χ1) is 14.0. The second kappa shape index (κ2) is 6.69. The van der Waals surface area contributed by atoms with Crippen LogP contribution in [-0.2, 0) is 16.4 Å². The van der Waals surface area contributed by atoms with E-state index in [4.69, 9.17) is 9.31 Å². The molecule has 2 aromatic carbocycles. The van der Waals surface area contributed by atoms with E-state index >= 15 is 0 Å². The van der Waals surface area contributed by atoms with Crippen LogP contribution in [-0.4, -0.2) is 27.5 Å². The van der Waals surface area contributed by atoms with Crippen LogP contribution in [0.15, 0.2) is 46.0 Å². The van der Waals surface area contributed by atoms with Crippen molar-refractivity contribution in [1.29, 1.82) is 0 Å². The van der Waals surface area contributed by atoms with Crippen LogP contribution in [0.5, 0.6) is 0 Å². The van der Waals surface area contributed by atoms with Gasteiger partial charge in [0.15, 0.2) is 0 Å². The van der Waals surface area contributed by atoms with E-state index < -0.39 is 18.3 Å². The largest absolute Gasteiger partial charge is 0.495 e. The molecule has 4 rings (SSSR count). The highest BCUT2D eigenvalue weighted by molar-refractivity contribution is 6.62. The van der Waals surface area contributed by atoms with Crippen LogP contribution in [0.25, 0.3) is 16.6 Å². The normalized spacial score (nSPS) is 17.6. The molecule has 3 aromatic rings. The van der Waals surface area contributed by atoms with E-state index in [9.17, 15) is 9.59 Å². The van der Waals surface area contributed by atoms with Crippen molar-refractivity contribution in [2.45, 2.75) is 52.7 Å². The molecule has 1 fully saturated rings. The van der Waals surface area contributed by atoms with E-state index in [0.717, 1.165) is 16.6 Å². The molecule has 6 nitrogen and oxygen atoms in total. The van der Waals surface area contributed by atoms with Crippen LogP contribution in [0.3, 0.4) is 0 Å². The summed E-state index contributed by atoms with van der Waals surface area (Å²) < 4.78 is 15.2. The molecular formula is C23H27BN2O4. The molecule has 0 radical (unpaired) electrons. The summed E-state index contributed by atoms with van der Waals surface area (Å²) in [4.78, 5) is 26.5. The predicted octanol–water partition coefficient (Wildman–Crippen LogP) is 2.61. The molecule has 1 saturated heterocycles. The first kappa shape index (κ1) is 20.6. The molecule has 7 heteroatoms. The second-order valence-corrected chi connectivity index (χ2v) is 9.03. The molecule has 30 heavy (non-hydrogen) atoms.